The van der Waals surface area contributed by atoms with Crippen LogP contribution >= 0.6 is 0 Å². The Balaban J connectivity index is 1.22. The zero-order valence-corrected chi connectivity index (χ0v) is 16.0. The molecule has 0 aliphatic carbocycles. The lowest BCUT2D eigenvalue weighted by molar-refractivity contribution is 0.0263. The van der Waals surface area contributed by atoms with Crippen LogP contribution in [0.25, 0.3) is 0 Å². The van der Waals surface area contributed by atoms with Gasteiger partial charge in [-0.15, -0.1) is 0 Å². The Morgan fingerprint density at radius 2 is 1.52 bits per heavy atom. The first kappa shape index (κ1) is 17.5. The monoisotopic (exact) mass is 341 g/mol. The van der Waals surface area contributed by atoms with E-state index in [9.17, 15) is 0 Å². The number of rotatable bonds is 4. The summed E-state index contributed by atoms with van der Waals surface area (Å²) in [5.41, 5.74) is 2.12. The predicted octanol–water partition coefficient (Wildman–Crippen LogP) is 3.46. The second-order valence-electron chi connectivity index (χ2n) is 8.84. The van der Waals surface area contributed by atoms with E-state index >= 15 is 0 Å². The average molecular weight is 342 g/mol. The fourth-order valence-corrected chi connectivity index (χ4v) is 5.25. The van der Waals surface area contributed by atoms with Crippen molar-refractivity contribution in [1.29, 1.82) is 0 Å². The van der Waals surface area contributed by atoms with Crippen molar-refractivity contribution >= 4 is 0 Å². The first-order valence-electron chi connectivity index (χ1n) is 10.4. The van der Waals surface area contributed by atoms with E-state index in [2.05, 4.69) is 52.1 Å². The van der Waals surface area contributed by atoms with Crippen molar-refractivity contribution in [3.05, 3.63) is 35.9 Å². The van der Waals surface area contributed by atoms with Gasteiger partial charge in [-0.05, 0) is 89.3 Å². The number of likely N-dealkylation sites (tertiary alicyclic amines) is 3. The first-order valence-corrected chi connectivity index (χ1v) is 10.4. The lowest BCUT2D eigenvalue weighted by Gasteiger charge is -2.47. The van der Waals surface area contributed by atoms with Crippen molar-refractivity contribution in [2.75, 3.05) is 46.3 Å². The molecule has 3 aliphatic heterocycles. The minimum Gasteiger partial charge on any atom is -0.302 e. The van der Waals surface area contributed by atoms with Gasteiger partial charge in [0, 0.05) is 19.1 Å². The highest BCUT2D eigenvalue weighted by Crippen LogP contribution is 2.41. The fourth-order valence-electron chi connectivity index (χ4n) is 5.25. The second kappa shape index (κ2) is 7.77. The Bertz CT molecular complexity index is 525. The molecule has 25 heavy (non-hydrogen) atoms. The Labute approximate surface area is 154 Å². The molecule has 0 radical (unpaired) electrons. The van der Waals surface area contributed by atoms with Crippen LogP contribution in [0.1, 0.15) is 44.1 Å². The normalized spacial score (nSPS) is 28.6. The molecular weight excluding hydrogens is 306 g/mol. The van der Waals surface area contributed by atoms with E-state index in [1.54, 1.807) is 0 Å². The molecule has 0 amide bonds. The van der Waals surface area contributed by atoms with Gasteiger partial charge in [0.1, 0.15) is 0 Å². The molecule has 0 unspecified atom stereocenters. The van der Waals surface area contributed by atoms with Gasteiger partial charge in [-0.3, -0.25) is 4.90 Å². The summed E-state index contributed by atoms with van der Waals surface area (Å²) in [5, 5.41) is 0. The van der Waals surface area contributed by atoms with Crippen LogP contribution in [0.2, 0.25) is 0 Å². The van der Waals surface area contributed by atoms with Crippen molar-refractivity contribution in [2.24, 2.45) is 5.41 Å². The third-order valence-corrected chi connectivity index (χ3v) is 7.22. The summed E-state index contributed by atoms with van der Waals surface area (Å²) >= 11 is 0. The minimum atomic E-state index is 0.658. The Kier molecular flexibility index (Phi) is 5.44. The van der Waals surface area contributed by atoms with Crippen LogP contribution in [-0.4, -0.2) is 67.1 Å². The summed E-state index contributed by atoms with van der Waals surface area (Å²) in [6.07, 6.45) is 8.50. The van der Waals surface area contributed by atoms with Gasteiger partial charge in [0.2, 0.25) is 0 Å². The number of hydrogen-bond acceptors (Lipinski definition) is 3. The quantitative estimate of drug-likeness (QED) is 0.830. The van der Waals surface area contributed by atoms with E-state index in [0.29, 0.717) is 5.41 Å². The van der Waals surface area contributed by atoms with Gasteiger partial charge in [-0.1, -0.05) is 30.3 Å². The molecule has 1 atom stereocenters. The molecule has 1 spiro atoms. The van der Waals surface area contributed by atoms with Gasteiger partial charge in [0.25, 0.3) is 0 Å². The summed E-state index contributed by atoms with van der Waals surface area (Å²) in [4.78, 5) is 8.00. The van der Waals surface area contributed by atoms with Crippen LogP contribution in [0.5, 0.6) is 0 Å². The lowest BCUT2D eigenvalue weighted by Crippen LogP contribution is -2.49. The van der Waals surface area contributed by atoms with Gasteiger partial charge in [-0.2, -0.15) is 0 Å². The zero-order valence-electron chi connectivity index (χ0n) is 16.0. The smallest absolute Gasteiger partial charge is 0.0233 e. The van der Waals surface area contributed by atoms with Gasteiger partial charge in [-0.25, -0.2) is 0 Å². The lowest BCUT2D eigenvalue weighted by atomic mass is 9.71. The molecule has 1 aromatic rings. The van der Waals surface area contributed by atoms with Crippen molar-refractivity contribution in [2.45, 2.75) is 51.1 Å². The van der Waals surface area contributed by atoms with E-state index in [4.69, 9.17) is 0 Å². The highest BCUT2D eigenvalue weighted by atomic mass is 15.2. The van der Waals surface area contributed by atoms with Gasteiger partial charge in [0.05, 0.1) is 0 Å². The van der Waals surface area contributed by atoms with Crippen LogP contribution in [0.4, 0.5) is 0 Å². The Hall–Kier alpha value is -0.900. The number of likely N-dealkylation sites (N-methyl/N-ethyl adjacent to an activating group) is 1. The highest BCUT2D eigenvalue weighted by Gasteiger charge is 2.38. The van der Waals surface area contributed by atoms with Crippen LogP contribution in [0.3, 0.4) is 0 Å². The van der Waals surface area contributed by atoms with Gasteiger partial charge < -0.3 is 9.80 Å². The maximum Gasteiger partial charge on any atom is 0.0233 e. The topological polar surface area (TPSA) is 9.72 Å². The third kappa shape index (κ3) is 4.27. The maximum absolute atomic E-state index is 2.76. The third-order valence-electron chi connectivity index (χ3n) is 7.22. The average Bonchev–Trinajstić information content (AvgIpc) is 3.05. The summed E-state index contributed by atoms with van der Waals surface area (Å²) in [6, 6.07) is 11.8. The summed E-state index contributed by atoms with van der Waals surface area (Å²) < 4.78 is 0. The SMILES string of the molecule is CN1CCC[C@@H]1CN1CCC2(CCN(Cc3ccccc3)CC2)CC1. The fraction of sp³-hybridized carbons (Fsp3) is 0.727. The second-order valence-corrected chi connectivity index (χ2v) is 8.84. The van der Waals surface area contributed by atoms with Crippen LogP contribution < -0.4 is 0 Å². The molecule has 1 aromatic carbocycles. The minimum absolute atomic E-state index is 0.658. The molecule has 3 nitrogen and oxygen atoms in total. The number of piperidine rings is 2. The molecule has 3 aliphatic rings. The molecule has 3 heteroatoms. The molecular formula is C22H35N3. The van der Waals surface area contributed by atoms with Crippen molar-refractivity contribution < 1.29 is 0 Å². The molecule has 138 valence electrons. The molecule has 0 saturated carbocycles. The molecule has 3 fully saturated rings. The largest absolute Gasteiger partial charge is 0.302 e. The Morgan fingerprint density at radius 1 is 0.880 bits per heavy atom. The van der Waals surface area contributed by atoms with Gasteiger partial charge in [0.15, 0.2) is 0 Å². The number of hydrogen-bond donors (Lipinski definition) is 0. The summed E-state index contributed by atoms with van der Waals surface area (Å²) in [6.45, 7) is 9.01. The van der Waals surface area contributed by atoms with E-state index in [0.717, 1.165) is 12.6 Å². The van der Waals surface area contributed by atoms with E-state index in [1.807, 2.05) is 0 Å². The van der Waals surface area contributed by atoms with E-state index < -0.39 is 0 Å². The van der Waals surface area contributed by atoms with Crippen LogP contribution in [-0.2, 0) is 6.54 Å². The number of nitrogens with zero attached hydrogens (tertiary/aromatic N) is 3. The molecule has 0 aromatic heterocycles. The standard InChI is InChI=1S/C22H35N3/c1-23-13-5-8-21(23)19-25-16-11-22(12-17-25)9-14-24(15-10-22)18-20-6-3-2-4-7-20/h2-4,6-7,21H,5,8-19H2,1H3/t21-/m1/s1. The highest BCUT2D eigenvalue weighted by molar-refractivity contribution is 5.14. The van der Waals surface area contributed by atoms with Gasteiger partial charge >= 0.3 is 0 Å². The first-order chi connectivity index (χ1) is 12.2. The molecule has 3 saturated heterocycles. The maximum atomic E-state index is 2.76. The zero-order chi connectivity index (χ0) is 17.1. The van der Waals surface area contributed by atoms with Crippen LogP contribution in [0, 0.1) is 5.41 Å². The van der Waals surface area contributed by atoms with Crippen molar-refractivity contribution in [3.8, 4) is 0 Å². The van der Waals surface area contributed by atoms with E-state index in [1.165, 1.54) is 83.4 Å². The predicted molar refractivity (Wildman–Crippen MR) is 105 cm³/mol. The summed E-state index contributed by atoms with van der Waals surface area (Å²) in [7, 11) is 2.31. The van der Waals surface area contributed by atoms with E-state index in [-0.39, 0.29) is 0 Å². The Morgan fingerprint density at radius 3 is 2.12 bits per heavy atom. The number of benzene rings is 1. The summed E-state index contributed by atoms with van der Waals surface area (Å²) in [5.74, 6) is 0. The molecule has 0 N–H and O–H groups in total. The molecule has 0 bridgehead atoms. The molecule has 4 rings (SSSR count). The molecule has 3 heterocycles. The van der Waals surface area contributed by atoms with Crippen LogP contribution in [0.15, 0.2) is 30.3 Å². The van der Waals surface area contributed by atoms with Crippen molar-refractivity contribution in [3.63, 3.8) is 0 Å². The van der Waals surface area contributed by atoms with Crippen molar-refractivity contribution in [1.82, 2.24) is 14.7 Å².